The Morgan fingerprint density at radius 1 is 1.28 bits per heavy atom. The molecule has 3 heterocycles. The summed E-state index contributed by atoms with van der Waals surface area (Å²) in [5.74, 6) is 0.466. The Bertz CT molecular complexity index is 1080. The topological polar surface area (TPSA) is 150 Å². The van der Waals surface area contributed by atoms with Gasteiger partial charge in [0.1, 0.15) is 5.75 Å². The molecule has 0 aliphatic carbocycles. The third-order valence-electron chi connectivity index (χ3n) is 5.22. The fourth-order valence-corrected chi connectivity index (χ4v) is 3.57. The van der Waals surface area contributed by atoms with Crippen LogP contribution in [0.1, 0.15) is 47.4 Å². The molecule has 4 rings (SSSR count). The number of amides is 1. The largest absolute Gasteiger partial charge is 0.497 e. The van der Waals surface area contributed by atoms with Crippen molar-refractivity contribution in [3.05, 3.63) is 41.2 Å². The van der Waals surface area contributed by atoms with E-state index in [0.29, 0.717) is 18.0 Å². The highest BCUT2D eigenvalue weighted by Crippen LogP contribution is 2.19. The summed E-state index contributed by atoms with van der Waals surface area (Å²) in [7, 11) is 1.59. The molecule has 1 fully saturated rings. The van der Waals surface area contributed by atoms with E-state index in [1.54, 1.807) is 13.2 Å². The van der Waals surface area contributed by atoms with Crippen LogP contribution in [-0.2, 0) is 6.54 Å². The molecule has 1 amide bonds. The van der Waals surface area contributed by atoms with E-state index in [1.165, 1.54) is 23.7 Å². The van der Waals surface area contributed by atoms with Crippen LogP contribution in [0.3, 0.4) is 0 Å². The zero-order chi connectivity index (χ0) is 22.3. The number of likely N-dealkylation sites (tertiary alicyclic amines) is 1. The van der Waals surface area contributed by atoms with E-state index in [1.807, 2.05) is 18.2 Å². The van der Waals surface area contributed by atoms with Crippen molar-refractivity contribution in [1.82, 2.24) is 35.6 Å². The number of hydrazone groups is 1. The second kappa shape index (κ2) is 10.0. The van der Waals surface area contributed by atoms with Gasteiger partial charge in [-0.2, -0.15) is 9.78 Å². The molecular weight excluding hydrogens is 414 g/mol. The van der Waals surface area contributed by atoms with Crippen LogP contribution in [0.25, 0.3) is 5.82 Å². The van der Waals surface area contributed by atoms with Crippen LogP contribution in [0.4, 0.5) is 5.82 Å². The molecule has 12 heteroatoms. The molecule has 2 aromatic heterocycles. The highest BCUT2D eigenvalue weighted by molar-refractivity contribution is 5.94. The highest BCUT2D eigenvalue weighted by Gasteiger charge is 2.25. The first-order valence-electron chi connectivity index (χ1n) is 10.4. The Kier molecular flexibility index (Phi) is 6.70. The molecule has 3 aromatic rings. The second-order valence-electron chi connectivity index (χ2n) is 7.44. The predicted molar refractivity (Wildman–Crippen MR) is 115 cm³/mol. The zero-order valence-electron chi connectivity index (χ0n) is 17.8. The zero-order valence-corrected chi connectivity index (χ0v) is 17.8. The molecule has 0 spiro atoms. The normalized spacial score (nSPS) is 15.0. The van der Waals surface area contributed by atoms with Crippen LogP contribution in [0.5, 0.6) is 5.75 Å². The average Bonchev–Trinajstić information content (AvgIpc) is 3.31. The minimum absolute atomic E-state index is 0.0648. The molecule has 0 radical (unpaired) electrons. The first-order chi connectivity index (χ1) is 15.7. The Labute approximate surface area is 184 Å². The summed E-state index contributed by atoms with van der Waals surface area (Å²) in [5, 5.41) is 19.6. The number of hydrogen-bond donors (Lipinski definition) is 2. The van der Waals surface area contributed by atoms with Crippen molar-refractivity contribution in [2.45, 2.75) is 32.2 Å². The first-order valence-corrected chi connectivity index (χ1v) is 10.4. The fraction of sp³-hybridized carbons (Fsp3) is 0.400. The fourth-order valence-electron chi connectivity index (χ4n) is 3.57. The lowest BCUT2D eigenvalue weighted by Gasteiger charge is -2.20. The summed E-state index contributed by atoms with van der Waals surface area (Å²) >= 11 is 0. The third-order valence-corrected chi connectivity index (χ3v) is 5.22. The van der Waals surface area contributed by atoms with Crippen molar-refractivity contribution in [3.63, 3.8) is 0 Å². The SMILES string of the molecule is COc1cccc(C=NNC(=O)c2nnn(-c3nonc3N)c2CN2CCCCCC2)c1. The van der Waals surface area contributed by atoms with Crippen LogP contribution in [0, 0.1) is 0 Å². The van der Waals surface area contributed by atoms with Gasteiger partial charge < -0.3 is 10.5 Å². The number of carbonyl (C=O) groups excluding carboxylic acids is 1. The third kappa shape index (κ3) is 4.91. The standard InChI is InChI=1S/C20H25N9O3/c1-31-15-8-6-7-14(11-15)12-22-24-20(30)17-16(13-28-9-4-2-3-5-10-28)29(27-23-17)19-18(21)25-32-26-19/h6-8,11-12H,2-5,9-10,13H2,1H3,(H2,21,25)(H,24,30). The van der Waals surface area contributed by atoms with Crippen LogP contribution in [0.2, 0.25) is 0 Å². The highest BCUT2D eigenvalue weighted by atomic mass is 16.6. The number of rotatable bonds is 7. The van der Waals surface area contributed by atoms with Crippen molar-refractivity contribution in [3.8, 4) is 11.6 Å². The number of nitrogens with one attached hydrogen (secondary N) is 1. The van der Waals surface area contributed by atoms with E-state index in [9.17, 15) is 4.79 Å². The number of aromatic nitrogens is 5. The monoisotopic (exact) mass is 439 g/mol. The smallest absolute Gasteiger partial charge is 0.293 e. The molecule has 1 aromatic carbocycles. The maximum Gasteiger partial charge on any atom is 0.293 e. The Hall–Kier alpha value is -3.80. The molecular formula is C20H25N9O3. The summed E-state index contributed by atoms with van der Waals surface area (Å²) in [6, 6.07) is 7.31. The maximum atomic E-state index is 12.9. The number of nitrogens with zero attached hydrogens (tertiary/aromatic N) is 7. The number of hydrogen-bond acceptors (Lipinski definition) is 10. The number of nitrogen functional groups attached to an aromatic ring is 1. The van der Waals surface area contributed by atoms with Gasteiger partial charge in [0, 0.05) is 6.54 Å². The van der Waals surface area contributed by atoms with Gasteiger partial charge in [0.05, 0.1) is 19.0 Å². The summed E-state index contributed by atoms with van der Waals surface area (Å²) in [4.78, 5) is 15.1. The van der Waals surface area contributed by atoms with Gasteiger partial charge in [0.25, 0.3) is 5.91 Å². The van der Waals surface area contributed by atoms with Gasteiger partial charge in [-0.15, -0.1) is 5.10 Å². The molecule has 3 N–H and O–H groups in total. The van der Waals surface area contributed by atoms with Crippen LogP contribution >= 0.6 is 0 Å². The molecule has 1 aliphatic rings. The molecule has 0 atom stereocenters. The number of methoxy groups -OCH3 is 1. The van der Waals surface area contributed by atoms with Gasteiger partial charge in [-0.3, -0.25) is 9.69 Å². The minimum atomic E-state index is -0.491. The van der Waals surface area contributed by atoms with Crippen molar-refractivity contribution < 1.29 is 14.2 Å². The molecule has 0 bridgehead atoms. The summed E-state index contributed by atoms with van der Waals surface area (Å²) in [6.45, 7) is 2.31. The maximum absolute atomic E-state index is 12.9. The van der Waals surface area contributed by atoms with E-state index in [-0.39, 0.29) is 17.3 Å². The van der Waals surface area contributed by atoms with Crippen LogP contribution in [0.15, 0.2) is 34.0 Å². The lowest BCUT2D eigenvalue weighted by Crippen LogP contribution is -2.28. The van der Waals surface area contributed by atoms with E-state index in [2.05, 4.69) is 36.1 Å². The summed E-state index contributed by atoms with van der Waals surface area (Å²) < 4.78 is 11.3. The summed E-state index contributed by atoms with van der Waals surface area (Å²) in [6.07, 6.45) is 6.11. The van der Waals surface area contributed by atoms with E-state index >= 15 is 0 Å². The molecule has 0 unspecified atom stereocenters. The lowest BCUT2D eigenvalue weighted by atomic mass is 10.2. The predicted octanol–water partition coefficient (Wildman–Crippen LogP) is 1.38. The van der Waals surface area contributed by atoms with Gasteiger partial charge in [0.15, 0.2) is 5.69 Å². The van der Waals surface area contributed by atoms with Gasteiger partial charge in [-0.05, 0) is 53.9 Å². The first kappa shape index (κ1) is 21.4. The Balaban J connectivity index is 1.56. The van der Waals surface area contributed by atoms with Crippen molar-refractivity contribution in [2.24, 2.45) is 5.10 Å². The van der Waals surface area contributed by atoms with Crippen LogP contribution in [-0.4, -0.2) is 62.5 Å². The quantitative estimate of drug-likeness (QED) is 0.411. The number of benzene rings is 1. The second-order valence-corrected chi connectivity index (χ2v) is 7.44. The van der Waals surface area contributed by atoms with Gasteiger partial charge in [0.2, 0.25) is 11.6 Å². The van der Waals surface area contributed by atoms with Gasteiger partial charge in [-0.25, -0.2) is 10.1 Å². The van der Waals surface area contributed by atoms with Gasteiger partial charge >= 0.3 is 0 Å². The average molecular weight is 439 g/mol. The molecule has 1 aliphatic heterocycles. The number of anilines is 1. The van der Waals surface area contributed by atoms with Crippen LogP contribution < -0.4 is 15.9 Å². The lowest BCUT2D eigenvalue weighted by molar-refractivity contribution is 0.0948. The van der Waals surface area contributed by atoms with E-state index in [4.69, 9.17) is 15.1 Å². The van der Waals surface area contributed by atoms with Gasteiger partial charge in [-0.1, -0.05) is 30.2 Å². The van der Waals surface area contributed by atoms with Crippen molar-refractivity contribution in [1.29, 1.82) is 0 Å². The van der Waals surface area contributed by atoms with Crippen molar-refractivity contribution >= 4 is 17.9 Å². The minimum Gasteiger partial charge on any atom is -0.497 e. The molecule has 168 valence electrons. The molecule has 12 nitrogen and oxygen atoms in total. The summed E-state index contributed by atoms with van der Waals surface area (Å²) in [5.41, 5.74) is 9.82. The molecule has 32 heavy (non-hydrogen) atoms. The number of carbonyl (C=O) groups is 1. The Morgan fingerprint density at radius 2 is 2.09 bits per heavy atom. The number of nitrogens with two attached hydrogens (primary N) is 1. The van der Waals surface area contributed by atoms with Crippen molar-refractivity contribution in [2.75, 3.05) is 25.9 Å². The number of ether oxygens (including phenoxy) is 1. The molecule has 0 saturated carbocycles. The van der Waals surface area contributed by atoms with E-state index < -0.39 is 5.91 Å². The van der Waals surface area contributed by atoms with E-state index in [0.717, 1.165) is 31.5 Å². The molecule has 1 saturated heterocycles. The Morgan fingerprint density at radius 3 is 2.81 bits per heavy atom.